The Morgan fingerprint density at radius 3 is 0.906 bits per heavy atom. The molecule has 0 radical (unpaired) electrons. The van der Waals surface area contributed by atoms with Gasteiger partial charge in [-0.2, -0.15) is 0 Å². The van der Waals surface area contributed by atoms with Gasteiger partial charge < -0.3 is 0 Å². The van der Waals surface area contributed by atoms with Crippen molar-refractivity contribution in [3.63, 3.8) is 0 Å². The van der Waals surface area contributed by atoms with E-state index in [1.54, 1.807) is 0 Å². The van der Waals surface area contributed by atoms with E-state index in [-0.39, 0.29) is 0 Å². The summed E-state index contributed by atoms with van der Waals surface area (Å²) in [5, 5.41) is 2.07. The number of amides is 2. The number of nitrogens with two attached hydrogens (primary N) is 2. The van der Waals surface area contributed by atoms with Crippen LogP contribution in [-0.2, 0) is 9.59 Å². The third-order valence-electron chi connectivity index (χ3n) is 6.21. The van der Waals surface area contributed by atoms with E-state index in [2.05, 4.69) is 13.8 Å². The van der Waals surface area contributed by atoms with Gasteiger partial charge in [-0.05, 0) is 12.8 Å². The standard InChI is InChI=1S/C26H54N4O2/c1-3-5-7-9-11-13-15-17-19-21-23-29(27)25(31)26(32)30(28)24-22-20-18-16-14-12-10-8-6-4-2/h3-24,27-28H2,1-2H3. The van der Waals surface area contributed by atoms with Gasteiger partial charge in [0.25, 0.3) is 0 Å². The van der Waals surface area contributed by atoms with Crippen LogP contribution in [0.5, 0.6) is 0 Å². The van der Waals surface area contributed by atoms with Gasteiger partial charge >= 0.3 is 11.8 Å². The Labute approximate surface area is 198 Å². The average Bonchev–Trinajstić information content (AvgIpc) is 2.80. The van der Waals surface area contributed by atoms with Crippen LogP contribution in [0.4, 0.5) is 0 Å². The molecule has 32 heavy (non-hydrogen) atoms. The van der Waals surface area contributed by atoms with E-state index in [1.807, 2.05) is 0 Å². The molecule has 0 aromatic heterocycles. The molecule has 0 saturated heterocycles. The van der Waals surface area contributed by atoms with E-state index in [0.29, 0.717) is 13.1 Å². The summed E-state index contributed by atoms with van der Waals surface area (Å²) in [7, 11) is 0. The Hall–Kier alpha value is -1.14. The predicted octanol–water partition coefficient (Wildman–Crippen LogP) is 6.23. The first kappa shape index (κ1) is 30.9. The lowest BCUT2D eigenvalue weighted by molar-refractivity contribution is -0.152. The fourth-order valence-electron chi connectivity index (χ4n) is 3.99. The van der Waals surface area contributed by atoms with Gasteiger partial charge in [-0.15, -0.1) is 0 Å². The van der Waals surface area contributed by atoms with Crippen LogP contribution in [0, 0.1) is 0 Å². The Morgan fingerprint density at radius 1 is 0.438 bits per heavy atom. The van der Waals surface area contributed by atoms with E-state index in [1.165, 1.54) is 89.9 Å². The molecule has 0 aromatic rings. The number of hydrogen-bond acceptors (Lipinski definition) is 4. The van der Waals surface area contributed by atoms with Crippen LogP contribution >= 0.6 is 0 Å². The fraction of sp³-hybridized carbons (Fsp3) is 0.923. The minimum atomic E-state index is -0.699. The number of rotatable bonds is 22. The molecule has 0 heterocycles. The molecule has 190 valence electrons. The summed E-state index contributed by atoms with van der Waals surface area (Å²) in [5.74, 6) is 10.2. The highest BCUT2D eigenvalue weighted by atomic mass is 16.2. The topological polar surface area (TPSA) is 92.7 Å². The van der Waals surface area contributed by atoms with Crippen LogP contribution in [0.2, 0.25) is 0 Å². The summed E-state index contributed by atoms with van der Waals surface area (Å²) in [6.45, 7) is 5.30. The minimum absolute atomic E-state index is 0.410. The van der Waals surface area contributed by atoms with E-state index >= 15 is 0 Å². The van der Waals surface area contributed by atoms with Crippen molar-refractivity contribution < 1.29 is 9.59 Å². The van der Waals surface area contributed by atoms with Gasteiger partial charge in [0.05, 0.1) is 0 Å². The molecule has 0 aliphatic carbocycles. The lowest BCUT2D eigenvalue weighted by atomic mass is 10.1. The van der Waals surface area contributed by atoms with Crippen molar-refractivity contribution in [2.75, 3.05) is 13.1 Å². The molecule has 0 saturated carbocycles. The summed E-state index contributed by atoms with van der Waals surface area (Å²) in [4.78, 5) is 24.4. The summed E-state index contributed by atoms with van der Waals surface area (Å²) in [6, 6.07) is 0. The third kappa shape index (κ3) is 18.4. The molecule has 0 unspecified atom stereocenters. The first-order valence-electron chi connectivity index (χ1n) is 13.7. The highest BCUT2D eigenvalue weighted by Crippen LogP contribution is 2.12. The van der Waals surface area contributed by atoms with E-state index in [0.717, 1.165) is 48.5 Å². The number of carbonyl (C=O) groups is 2. The molecule has 6 nitrogen and oxygen atoms in total. The van der Waals surface area contributed by atoms with Gasteiger partial charge in [-0.25, -0.2) is 11.7 Å². The van der Waals surface area contributed by atoms with Crippen LogP contribution in [-0.4, -0.2) is 34.9 Å². The van der Waals surface area contributed by atoms with Gasteiger partial charge in [0.2, 0.25) is 0 Å². The van der Waals surface area contributed by atoms with E-state index in [9.17, 15) is 9.59 Å². The quantitative estimate of drug-likeness (QED) is 0.0666. The highest BCUT2D eigenvalue weighted by molar-refractivity contribution is 6.34. The molecular weight excluding hydrogens is 400 g/mol. The third-order valence-corrected chi connectivity index (χ3v) is 6.21. The number of nitrogens with zero attached hydrogens (tertiary/aromatic N) is 2. The van der Waals surface area contributed by atoms with Crippen molar-refractivity contribution in [3.8, 4) is 0 Å². The summed E-state index contributed by atoms with van der Waals surface area (Å²) in [5.41, 5.74) is 0. The second kappa shape index (κ2) is 23.0. The monoisotopic (exact) mass is 454 g/mol. The van der Waals surface area contributed by atoms with Gasteiger partial charge in [0.15, 0.2) is 0 Å². The van der Waals surface area contributed by atoms with Crippen molar-refractivity contribution in [1.29, 1.82) is 0 Å². The van der Waals surface area contributed by atoms with Crippen LogP contribution < -0.4 is 11.7 Å². The fourth-order valence-corrected chi connectivity index (χ4v) is 3.99. The van der Waals surface area contributed by atoms with Crippen LogP contribution in [0.25, 0.3) is 0 Å². The highest BCUT2D eigenvalue weighted by Gasteiger charge is 2.23. The molecular formula is C26H54N4O2. The number of carbonyl (C=O) groups excluding carboxylic acids is 2. The predicted molar refractivity (Wildman–Crippen MR) is 135 cm³/mol. The molecule has 2 amide bonds. The Kier molecular flexibility index (Phi) is 22.2. The SMILES string of the molecule is CCCCCCCCCCCCN(N)C(=O)C(=O)N(N)CCCCCCCCCCCC. The lowest BCUT2D eigenvalue weighted by Gasteiger charge is -2.20. The summed E-state index contributed by atoms with van der Waals surface area (Å²) in [6.07, 6.45) is 24.4. The average molecular weight is 455 g/mol. The molecule has 0 atom stereocenters. The van der Waals surface area contributed by atoms with Crippen molar-refractivity contribution in [2.45, 2.75) is 142 Å². The Balaban J connectivity index is 3.66. The van der Waals surface area contributed by atoms with E-state index in [4.69, 9.17) is 11.7 Å². The van der Waals surface area contributed by atoms with Crippen LogP contribution in [0.15, 0.2) is 0 Å². The van der Waals surface area contributed by atoms with Crippen LogP contribution in [0.1, 0.15) is 142 Å². The van der Waals surface area contributed by atoms with Crippen molar-refractivity contribution in [2.24, 2.45) is 11.7 Å². The normalized spacial score (nSPS) is 11.0. The van der Waals surface area contributed by atoms with Crippen molar-refractivity contribution >= 4 is 11.8 Å². The molecule has 0 fully saturated rings. The number of unbranched alkanes of at least 4 members (excludes halogenated alkanes) is 18. The summed E-state index contributed by atoms with van der Waals surface area (Å²) >= 11 is 0. The van der Waals surface area contributed by atoms with Crippen molar-refractivity contribution in [3.05, 3.63) is 0 Å². The second-order valence-corrected chi connectivity index (χ2v) is 9.36. The number of hydrogen-bond donors (Lipinski definition) is 2. The smallest absolute Gasteiger partial charge is 0.272 e. The molecule has 6 heteroatoms. The first-order valence-corrected chi connectivity index (χ1v) is 13.7. The van der Waals surface area contributed by atoms with Gasteiger partial charge in [0.1, 0.15) is 0 Å². The lowest BCUT2D eigenvalue weighted by Crippen LogP contribution is -2.51. The zero-order chi connectivity index (χ0) is 23.9. The Morgan fingerprint density at radius 2 is 0.656 bits per heavy atom. The van der Waals surface area contributed by atoms with Crippen molar-refractivity contribution in [1.82, 2.24) is 10.0 Å². The maximum absolute atomic E-state index is 12.2. The van der Waals surface area contributed by atoms with Gasteiger partial charge in [-0.1, -0.05) is 129 Å². The van der Waals surface area contributed by atoms with E-state index < -0.39 is 11.8 Å². The number of hydrazine groups is 2. The molecule has 0 aromatic carbocycles. The maximum atomic E-state index is 12.2. The molecule has 0 aliphatic rings. The summed E-state index contributed by atoms with van der Waals surface area (Å²) < 4.78 is 0. The molecule has 4 N–H and O–H groups in total. The van der Waals surface area contributed by atoms with Gasteiger partial charge in [0, 0.05) is 13.1 Å². The van der Waals surface area contributed by atoms with Gasteiger partial charge in [-0.3, -0.25) is 19.6 Å². The van der Waals surface area contributed by atoms with Crippen LogP contribution in [0.3, 0.4) is 0 Å². The second-order valence-electron chi connectivity index (χ2n) is 9.36. The molecule has 0 aliphatic heterocycles. The zero-order valence-electron chi connectivity index (χ0n) is 21.4. The zero-order valence-corrected chi connectivity index (χ0v) is 21.4. The Bertz CT molecular complexity index is 406. The maximum Gasteiger partial charge on any atom is 0.327 e. The molecule has 0 bridgehead atoms. The molecule has 0 rings (SSSR count). The minimum Gasteiger partial charge on any atom is -0.272 e. The molecule has 0 spiro atoms. The largest absolute Gasteiger partial charge is 0.327 e. The first-order chi connectivity index (χ1) is 15.5.